The van der Waals surface area contributed by atoms with E-state index in [2.05, 4.69) is 44.0 Å². The first-order valence-electron chi connectivity index (χ1n) is 8.68. The molecule has 0 saturated carbocycles. The second-order valence-electron chi connectivity index (χ2n) is 6.96. The summed E-state index contributed by atoms with van der Waals surface area (Å²) in [6.07, 6.45) is 6.91. The van der Waals surface area contributed by atoms with Crippen LogP contribution in [0.2, 0.25) is 0 Å². The maximum Gasteiger partial charge on any atom is 0.0336 e. The maximum absolute atomic E-state index is 3.70. The molecule has 0 aliphatic carbocycles. The Kier molecular flexibility index (Phi) is 4.72. The average molecular weight is 307 g/mol. The van der Waals surface area contributed by atoms with E-state index >= 15 is 0 Å². The number of fused-ring (bicyclic) bond motifs is 2. The summed E-state index contributed by atoms with van der Waals surface area (Å²) in [4.78, 5) is 5.85. The van der Waals surface area contributed by atoms with E-state index in [1.54, 1.807) is 5.56 Å². The molecule has 2 fully saturated rings. The fourth-order valence-electron chi connectivity index (χ4n) is 4.73. The van der Waals surface area contributed by atoms with Gasteiger partial charge < -0.3 is 5.32 Å². The van der Waals surface area contributed by atoms with Crippen LogP contribution in [0.5, 0.6) is 0 Å². The zero-order valence-electron chi connectivity index (χ0n) is 14.0. The first kappa shape index (κ1) is 15.5. The Bertz CT molecular complexity index is 468. The number of rotatable bonds is 4. The molecule has 0 radical (unpaired) electrons. The zero-order valence-corrected chi connectivity index (χ0v) is 14.8. The van der Waals surface area contributed by atoms with E-state index < -0.39 is 0 Å². The van der Waals surface area contributed by atoms with Crippen molar-refractivity contribution in [1.82, 2.24) is 10.2 Å². The number of piperidine rings is 2. The molecule has 1 aromatic heterocycles. The summed E-state index contributed by atoms with van der Waals surface area (Å²) in [5, 5.41) is 3.70. The number of thiophene rings is 1. The molecule has 2 aliphatic heterocycles. The molecule has 3 heterocycles. The lowest BCUT2D eigenvalue weighted by atomic mass is 9.80. The molecular formula is C18H30N2S. The first-order chi connectivity index (χ1) is 10.1. The van der Waals surface area contributed by atoms with Gasteiger partial charge in [-0.15, -0.1) is 11.3 Å². The van der Waals surface area contributed by atoms with Crippen molar-refractivity contribution in [2.45, 2.75) is 84.0 Å². The summed E-state index contributed by atoms with van der Waals surface area (Å²) in [5.41, 5.74) is 1.58. The number of nitrogens with one attached hydrogen (secondary N) is 1. The van der Waals surface area contributed by atoms with Crippen LogP contribution in [0.15, 0.2) is 6.07 Å². The van der Waals surface area contributed by atoms with Crippen molar-refractivity contribution < 1.29 is 0 Å². The first-order valence-corrected chi connectivity index (χ1v) is 9.49. The van der Waals surface area contributed by atoms with E-state index in [-0.39, 0.29) is 0 Å². The van der Waals surface area contributed by atoms with E-state index in [1.165, 1.54) is 41.9 Å². The molecule has 21 heavy (non-hydrogen) atoms. The fourth-order valence-corrected chi connectivity index (χ4v) is 5.75. The van der Waals surface area contributed by atoms with E-state index in [0.717, 1.165) is 24.7 Å². The Morgan fingerprint density at radius 2 is 1.95 bits per heavy atom. The van der Waals surface area contributed by atoms with Crippen LogP contribution in [-0.2, 0) is 0 Å². The van der Waals surface area contributed by atoms with Gasteiger partial charge in [0, 0.05) is 33.9 Å². The SMILES string of the molecule is CCNC1CC2CCCC(C1)N2C(C)c1cc(C)sc1C. The summed E-state index contributed by atoms with van der Waals surface area (Å²) >= 11 is 1.96. The molecule has 0 amide bonds. The molecule has 0 spiro atoms. The lowest BCUT2D eigenvalue weighted by Crippen LogP contribution is -2.56. The molecule has 2 aliphatic rings. The predicted octanol–water partition coefficient (Wildman–Crippen LogP) is 4.42. The van der Waals surface area contributed by atoms with Gasteiger partial charge in [-0.1, -0.05) is 13.3 Å². The Morgan fingerprint density at radius 3 is 2.48 bits per heavy atom. The highest BCUT2D eigenvalue weighted by Crippen LogP contribution is 2.41. The van der Waals surface area contributed by atoms with Crippen molar-refractivity contribution in [1.29, 1.82) is 0 Å². The van der Waals surface area contributed by atoms with Gasteiger partial charge >= 0.3 is 0 Å². The minimum absolute atomic E-state index is 0.591. The van der Waals surface area contributed by atoms with Crippen molar-refractivity contribution in [2.75, 3.05) is 6.54 Å². The largest absolute Gasteiger partial charge is 0.314 e. The second kappa shape index (κ2) is 6.39. The van der Waals surface area contributed by atoms with Crippen LogP contribution < -0.4 is 5.32 Å². The number of aryl methyl sites for hydroxylation is 2. The van der Waals surface area contributed by atoms with Gasteiger partial charge in [-0.3, -0.25) is 4.90 Å². The van der Waals surface area contributed by atoms with Gasteiger partial charge in [-0.25, -0.2) is 0 Å². The molecule has 1 aromatic rings. The van der Waals surface area contributed by atoms with Gasteiger partial charge in [0.05, 0.1) is 0 Å². The predicted molar refractivity (Wildman–Crippen MR) is 92.2 cm³/mol. The van der Waals surface area contributed by atoms with E-state index in [4.69, 9.17) is 0 Å². The highest BCUT2D eigenvalue weighted by Gasteiger charge is 2.40. The smallest absolute Gasteiger partial charge is 0.0336 e. The van der Waals surface area contributed by atoms with Crippen LogP contribution in [0.1, 0.15) is 67.3 Å². The van der Waals surface area contributed by atoms with E-state index in [9.17, 15) is 0 Å². The number of nitrogens with zero attached hydrogens (tertiary/aromatic N) is 1. The highest BCUT2D eigenvalue weighted by atomic mass is 32.1. The molecule has 118 valence electrons. The van der Waals surface area contributed by atoms with Gasteiger partial charge in [-0.2, -0.15) is 0 Å². The van der Waals surface area contributed by atoms with Gasteiger partial charge in [-0.05, 0) is 64.6 Å². The zero-order chi connectivity index (χ0) is 15.0. The molecule has 1 N–H and O–H groups in total. The quantitative estimate of drug-likeness (QED) is 0.886. The van der Waals surface area contributed by atoms with Crippen molar-refractivity contribution in [3.05, 3.63) is 21.4 Å². The Morgan fingerprint density at radius 1 is 1.29 bits per heavy atom. The topological polar surface area (TPSA) is 15.3 Å². The van der Waals surface area contributed by atoms with Crippen LogP contribution in [0.4, 0.5) is 0 Å². The van der Waals surface area contributed by atoms with Gasteiger partial charge in [0.25, 0.3) is 0 Å². The number of hydrogen-bond donors (Lipinski definition) is 1. The summed E-state index contributed by atoms with van der Waals surface area (Å²) in [7, 11) is 0. The van der Waals surface area contributed by atoms with Crippen LogP contribution in [-0.4, -0.2) is 29.6 Å². The molecule has 2 bridgehead atoms. The third-order valence-electron chi connectivity index (χ3n) is 5.50. The summed E-state index contributed by atoms with van der Waals surface area (Å²) < 4.78 is 0. The Labute approximate surface area is 133 Å². The minimum Gasteiger partial charge on any atom is -0.314 e. The Hall–Kier alpha value is -0.380. The second-order valence-corrected chi connectivity index (χ2v) is 8.42. The van der Waals surface area contributed by atoms with Crippen molar-refractivity contribution in [3.8, 4) is 0 Å². The molecule has 3 rings (SSSR count). The molecule has 3 unspecified atom stereocenters. The Balaban J connectivity index is 1.80. The number of hydrogen-bond acceptors (Lipinski definition) is 3. The van der Waals surface area contributed by atoms with E-state index in [1.807, 2.05) is 11.3 Å². The van der Waals surface area contributed by atoms with Gasteiger partial charge in [0.15, 0.2) is 0 Å². The van der Waals surface area contributed by atoms with Crippen LogP contribution in [0.3, 0.4) is 0 Å². The standard InChI is InChI=1S/C18H30N2S/c1-5-19-15-10-16-7-6-8-17(11-15)20(16)13(3)18-9-12(2)21-14(18)4/h9,13,15-17,19H,5-8,10-11H2,1-4H3. The summed E-state index contributed by atoms with van der Waals surface area (Å²) in [6, 6.07) is 5.34. The highest BCUT2D eigenvalue weighted by molar-refractivity contribution is 7.12. The molecule has 0 aromatic carbocycles. The van der Waals surface area contributed by atoms with E-state index in [0.29, 0.717) is 6.04 Å². The average Bonchev–Trinajstić information content (AvgIpc) is 2.76. The summed E-state index contributed by atoms with van der Waals surface area (Å²) in [6.45, 7) is 10.3. The van der Waals surface area contributed by atoms with Gasteiger partial charge in [0.1, 0.15) is 0 Å². The monoisotopic (exact) mass is 306 g/mol. The van der Waals surface area contributed by atoms with Crippen molar-refractivity contribution in [2.24, 2.45) is 0 Å². The lowest BCUT2D eigenvalue weighted by molar-refractivity contribution is -0.00605. The molecular weight excluding hydrogens is 276 g/mol. The molecule has 3 heteroatoms. The van der Waals surface area contributed by atoms with Crippen LogP contribution in [0.25, 0.3) is 0 Å². The maximum atomic E-state index is 3.70. The van der Waals surface area contributed by atoms with Crippen molar-refractivity contribution in [3.63, 3.8) is 0 Å². The van der Waals surface area contributed by atoms with Crippen LogP contribution >= 0.6 is 11.3 Å². The molecule has 2 saturated heterocycles. The lowest BCUT2D eigenvalue weighted by Gasteiger charge is -2.51. The fraction of sp³-hybridized carbons (Fsp3) is 0.778. The molecule has 3 atom stereocenters. The van der Waals surface area contributed by atoms with Crippen molar-refractivity contribution >= 4 is 11.3 Å². The van der Waals surface area contributed by atoms with Gasteiger partial charge in [0.2, 0.25) is 0 Å². The minimum atomic E-state index is 0.591. The molecule has 2 nitrogen and oxygen atoms in total. The van der Waals surface area contributed by atoms with Crippen LogP contribution in [0, 0.1) is 13.8 Å². The summed E-state index contributed by atoms with van der Waals surface area (Å²) in [5.74, 6) is 0. The third kappa shape index (κ3) is 3.06. The third-order valence-corrected chi connectivity index (χ3v) is 6.48. The normalized spacial score (nSPS) is 31.3.